The molecule has 0 atom stereocenters. The number of hydrogen-bond acceptors (Lipinski definition) is 2. The average Bonchev–Trinajstić information content (AvgIpc) is 2.64. The van der Waals surface area contributed by atoms with Gasteiger partial charge in [-0.2, -0.15) is 0 Å². The van der Waals surface area contributed by atoms with Crippen molar-refractivity contribution >= 4 is 0 Å². The normalized spacial score (nSPS) is 19.5. The first kappa shape index (κ1) is 11.6. The zero-order valence-electron chi connectivity index (χ0n) is 10.9. The van der Waals surface area contributed by atoms with Gasteiger partial charge in [0.25, 0.3) is 0 Å². The Labute approximate surface area is 98.3 Å². The van der Waals surface area contributed by atoms with Gasteiger partial charge in [-0.1, -0.05) is 13.3 Å². The van der Waals surface area contributed by atoms with Crippen LogP contribution in [0.2, 0.25) is 0 Å². The third-order valence-corrected chi connectivity index (χ3v) is 4.09. The summed E-state index contributed by atoms with van der Waals surface area (Å²) in [4.78, 5) is 4.30. The van der Waals surface area contributed by atoms with E-state index in [1.807, 2.05) is 19.6 Å². The first-order chi connectivity index (χ1) is 7.47. The van der Waals surface area contributed by atoms with Crippen LogP contribution in [0.3, 0.4) is 0 Å². The minimum atomic E-state index is -0.00337. The molecular formula is C13H23N3. The molecule has 0 radical (unpaired) electrons. The van der Waals surface area contributed by atoms with Crippen LogP contribution in [0, 0.1) is 5.41 Å². The van der Waals surface area contributed by atoms with E-state index >= 15 is 0 Å². The first-order valence-corrected chi connectivity index (χ1v) is 6.16. The molecule has 1 N–H and O–H groups in total. The molecule has 1 aromatic heterocycles. The summed E-state index contributed by atoms with van der Waals surface area (Å²) < 4.78 is 2.32. The molecule has 0 saturated heterocycles. The van der Waals surface area contributed by atoms with E-state index in [0.717, 1.165) is 6.54 Å². The number of rotatable bonds is 4. The van der Waals surface area contributed by atoms with Gasteiger partial charge in [0, 0.05) is 12.7 Å². The quantitative estimate of drug-likeness (QED) is 0.846. The summed E-state index contributed by atoms with van der Waals surface area (Å²) in [5.41, 5.74) is 1.78. The fraction of sp³-hybridized carbons (Fsp3) is 0.769. The Balaban J connectivity index is 2.19. The maximum atomic E-state index is 4.30. The molecular weight excluding hydrogens is 198 g/mol. The predicted octanol–water partition coefficient (Wildman–Crippen LogP) is 2.53. The second-order valence-electron chi connectivity index (χ2n) is 5.95. The van der Waals surface area contributed by atoms with Crippen LogP contribution < -0.4 is 5.32 Å². The highest BCUT2D eigenvalue weighted by molar-refractivity contribution is 5.11. The van der Waals surface area contributed by atoms with Gasteiger partial charge in [-0.15, -0.1) is 0 Å². The van der Waals surface area contributed by atoms with E-state index in [2.05, 4.69) is 35.6 Å². The molecule has 3 heteroatoms. The molecule has 1 heterocycles. The molecule has 1 aromatic rings. The van der Waals surface area contributed by atoms with Crippen LogP contribution in [0.25, 0.3) is 0 Å². The van der Waals surface area contributed by atoms with E-state index in [-0.39, 0.29) is 5.54 Å². The summed E-state index contributed by atoms with van der Waals surface area (Å²) >= 11 is 0. The predicted molar refractivity (Wildman–Crippen MR) is 66.3 cm³/mol. The zero-order chi connectivity index (χ0) is 11.8. The van der Waals surface area contributed by atoms with Crippen molar-refractivity contribution < 1.29 is 0 Å². The zero-order valence-corrected chi connectivity index (χ0v) is 10.9. The van der Waals surface area contributed by atoms with Crippen molar-refractivity contribution in [2.45, 2.75) is 52.1 Å². The fourth-order valence-corrected chi connectivity index (χ4v) is 2.44. The minimum Gasteiger partial charge on any atom is -0.332 e. The van der Waals surface area contributed by atoms with E-state index in [4.69, 9.17) is 0 Å². The molecule has 90 valence electrons. The Morgan fingerprint density at radius 2 is 2.19 bits per heavy atom. The van der Waals surface area contributed by atoms with Crippen LogP contribution in [0.4, 0.5) is 0 Å². The molecule has 1 aliphatic rings. The van der Waals surface area contributed by atoms with Gasteiger partial charge in [0.15, 0.2) is 0 Å². The van der Waals surface area contributed by atoms with Gasteiger partial charge in [0.1, 0.15) is 0 Å². The van der Waals surface area contributed by atoms with Crippen LogP contribution in [0.15, 0.2) is 12.5 Å². The Morgan fingerprint density at radius 1 is 1.50 bits per heavy atom. The molecule has 2 rings (SSSR count). The van der Waals surface area contributed by atoms with Gasteiger partial charge >= 0.3 is 0 Å². The maximum Gasteiger partial charge on any atom is 0.0948 e. The highest BCUT2D eigenvalue weighted by Crippen LogP contribution is 2.42. The van der Waals surface area contributed by atoms with E-state index in [9.17, 15) is 0 Å². The lowest BCUT2D eigenvalue weighted by molar-refractivity contribution is 0.128. The summed E-state index contributed by atoms with van der Waals surface area (Å²) in [7, 11) is 2.00. The number of aromatic nitrogens is 2. The van der Waals surface area contributed by atoms with E-state index < -0.39 is 0 Å². The van der Waals surface area contributed by atoms with Gasteiger partial charge < -0.3 is 9.88 Å². The number of nitrogens with one attached hydrogen (secondary N) is 1. The number of nitrogens with zero attached hydrogens (tertiary/aromatic N) is 2. The fourth-order valence-electron chi connectivity index (χ4n) is 2.44. The van der Waals surface area contributed by atoms with Gasteiger partial charge in [-0.25, -0.2) is 4.98 Å². The molecule has 0 amide bonds. The third kappa shape index (κ3) is 2.01. The summed E-state index contributed by atoms with van der Waals surface area (Å²) in [6, 6.07) is 0. The van der Waals surface area contributed by atoms with Crippen molar-refractivity contribution in [2.24, 2.45) is 5.41 Å². The largest absolute Gasteiger partial charge is 0.332 e. The lowest BCUT2D eigenvalue weighted by Crippen LogP contribution is -2.38. The molecule has 0 unspecified atom stereocenters. The third-order valence-electron chi connectivity index (χ3n) is 4.09. The van der Waals surface area contributed by atoms with Crippen LogP contribution in [-0.2, 0) is 12.1 Å². The highest BCUT2D eigenvalue weighted by Gasteiger charge is 2.33. The standard InChI is InChI=1S/C13H23N3/c1-12(2,14-4)11-8-15-10-16(11)9-13(3)6-5-7-13/h8,10,14H,5-7,9H2,1-4H3. The summed E-state index contributed by atoms with van der Waals surface area (Å²) in [5.74, 6) is 0. The topological polar surface area (TPSA) is 29.9 Å². The lowest BCUT2D eigenvalue weighted by atomic mass is 9.70. The van der Waals surface area contributed by atoms with E-state index in [1.165, 1.54) is 25.0 Å². The van der Waals surface area contributed by atoms with Crippen molar-refractivity contribution in [2.75, 3.05) is 7.05 Å². The van der Waals surface area contributed by atoms with Crippen LogP contribution in [-0.4, -0.2) is 16.6 Å². The molecule has 0 bridgehead atoms. The van der Waals surface area contributed by atoms with Crippen molar-refractivity contribution in [3.63, 3.8) is 0 Å². The summed E-state index contributed by atoms with van der Waals surface area (Å²) in [5, 5.41) is 3.35. The van der Waals surface area contributed by atoms with Crippen molar-refractivity contribution in [3.05, 3.63) is 18.2 Å². The maximum absolute atomic E-state index is 4.30. The number of hydrogen-bond donors (Lipinski definition) is 1. The first-order valence-electron chi connectivity index (χ1n) is 6.16. The molecule has 16 heavy (non-hydrogen) atoms. The van der Waals surface area contributed by atoms with Crippen molar-refractivity contribution in [1.29, 1.82) is 0 Å². The van der Waals surface area contributed by atoms with Gasteiger partial charge in [-0.3, -0.25) is 0 Å². The van der Waals surface area contributed by atoms with Crippen LogP contribution in [0.5, 0.6) is 0 Å². The Hall–Kier alpha value is -0.830. The van der Waals surface area contributed by atoms with Crippen LogP contribution in [0.1, 0.15) is 45.7 Å². The molecule has 0 aromatic carbocycles. The van der Waals surface area contributed by atoms with Gasteiger partial charge in [0.2, 0.25) is 0 Å². The monoisotopic (exact) mass is 221 g/mol. The lowest BCUT2D eigenvalue weighted by Gasteiger charge is -2.40. The second kappa shape index (κ2) is 3.88. The van der Waals surface area contributed by atoms with E-state index in [0.29, 0.717) is 5.41 Å². The number of imidazole rings is 1. The highest BCUT2D eigenvalue weighted by atomic mass is 15.1. The molecule has 3 nitrogen and oxygen atoms in total. The van der Waals surface area contributed by atoms with Gasteiger partial charge in [-0.05, 0) is 39.2 Å². The SMILES string of the molecule is CNC(C)(C)c1cncn1CC1(C)CCC1. The molecule has 1 fully saturated rings. The summed E-state index contributed by atoms with van der Waals surface area (Å²) in [6.07, 6.45) is 8.04. The Kier molecular flexibility index (Phi) is 2.82. The molecule has 1 saturated carbocycles. The van der Waals surface area contributed by atoms with E-state index in [1.54, 1.807) is 0 Å². The minimum absolute atomic E-state index is 0.00337. The molecule has 1 aliphatic carbocycles. The average molecular weight is 221 g/mol. The molecule has 0 spiro atoms. The Bertz CT molecular complexity index is 361. The van der Waals surface area contributed by atoms with Crippen LogP contribution >= 0.6 is 0 Å². The van der Waals surface area contributed by atoms with Crippen molar-refractivity contribution in [3.8, 4) is 0 Å². The second-order valence-corrected chi connectivity index (χ2v) is 5.95. The smallest absolute Gasteiger partial charge is 0.0948 e. The molecule has 0 aliphatic heterocycles. The van der Waals surface area contributed by atoms with Crippen molar-refractivity contribution in [1.82, 2.24) is 14.9 Å². The van der Waals surface area contributed by atoms with Gasteiger partial charge in [0.05, 0.1) is 17.6 Å². The summed E-state index contributed by atoms with van der Waals surface area (Å²) in [6.45, 7) is 7.88. The Morgan fingerprint density at radius 3 is 2.69 bits per heavy atom.